The maximum atomic E-state index is 9.82. The minimum Gasteiger partial charge on any atom is -0.491 e. The first-order valence-electron chi connectivity index (χ1n) is 9.64. The van der Waals surface area contributed by atoms with Gasteiger partial charge in [0, 0.05) is 35.6 Å². The molecule has 4 rings (SSSR count). The molecule has 3 aromatic heterocycles. The van der Waals surface area contributed by atoms with Gasteiger partial charge in [-0.1, -0.05) is 6.07 Å². The molecular weight excluding hydrogens is 364 g/mol. The van der Waals surface area contributed by atoms with Crippen molar-refractivity contribution in [1.82, 2.24) is 19.7 Å². The van der Waals surface area contributed by atoms with E-state index in [1.165, 1.54) is 0 Å². The van der Waals surface area contributed by atoms with Gasteiger partial charge in [0.1, 0.15) is 5.75 Å². The van der Waals surface area contributed by atoms with Crippen LogP contribution in [0.1, 0.15) is 25.1 Å². The van der Waals surface area contributed by atoms with Crippen LogP contribution < -0.4 is 4.74 Å². The molecule has 6 heteroatoms. The predicted octanol–water partition coefficient (Wildman–Crippen LogP) is 4.29. The van der Waals surface area contributed by atoms with Crippen molar-refractivity contribution in [3.8, 4) is 28.3 Å². The van der Waals surface area contributed by atoms with Crippen LogP contribution in [0, 0.1) is 6.92 Å². The molecule has 0 spiro atoms. The third-order valence-corrected chi connectivity index (χ3v) is 4.92. The van der Waals surface area contributed by atoms with Crippen molar-refractivity contribution in [2.24, 2.45) is 7.05 Å². The fourth-order valence-corrected chi connectivity index (χ4v) is 3.44. The summed E-state index contributed by atoms with van der Waals surface area (Å²) >= 11 is 0. The molecule has 0 unspecified atom stereocenters. The van der Waals surface area contributed by atoms with E-state index in [1.54, 1.807) is 6.20 Å². The second-order valence-corrected chi connectivity index (χ2v) is 7.32. The van der Waals surface area contributed by atoms with Crippen molar-refractivity contribution in [2.45, 2.75) is 33.5 Å². The second kappa shape index (κ2) is 7.64. The van der Waals surface area contributed by atoms with Gasteiger partial charge in [-0.15, -0.1) is 0 Å². The highest BCUT2D eigenvalue weighted by molar-refractivity contribution is 5.96. The molecule has 0 saturated carbocycles. The molecule has 6 nitrogen and oxygen atoms in total. The van der Waals surface area contributed by atoms with Gasteiger partial charge in [-0.2, -0.15) is 5.10 Å². The normalized spacial score (nSPS) is 11.4. The topological polar surface area (TPSA) is 73.1 Å². The molecule has 29 heavy (non-hydrogen) atoms. The van der Waals surface area contributed by atoms with E-state index in [0.29, 0.717) is 11.4 Å². The van der Waals surface area contributed by atoms with Crippen molar-refractivity contribution in [1.29, 1.82) is 0 Å². The number of aliphatic hydroxyl groups is 1. The molecule has 0 atom stereocenters. The fourth-order valence-electron chi connectivity index (χ4n) is 3.44. The minimum atomic E-state index is -0.103. The predicted molar refractivity (Wildman–Crippen MR) is 114 cm³/mol. The Morgan fingerprint density at radius 1 is 1.10 bits per heavy atom. The van der Waals surface area contributed by atoms with Crippen LogP contribution in [-0.2, 0) is 13.7 Å². The molecule has 0 amide bonds. The lowest BCUT2D eigenvalue weighted by Gasteiger charge is -2.14. The summed E-state index contributed by atoms with van der Waals surface area (Å²) in [4.78, 5) is 9.34. The quantitative estimate of drug-likeness (QED) is 0.552. The Morgan fingerprint density at radius 2 is 1.93 bits per heavy atom. The van der Waals surface area contributed by atoms with Crippen molar-refractivity contribution in [3.05, 3.63) is 59.9 Å². The van der Waals surface area contributed by atoms with Gasteiger partial charge in [-0.3, -0.25) is 9.67 Å². The summed E-state index contributed by atoms with van der Waals surface area (Å²) in [7, 11) is 1.92. The number of hydrogen-bond acceptors (Lipinski definition) is 5. The third-order valence-electron chi connectivity index (χ3n) is 4.92. The van der Waals surface area contributed by atoms with Crippen LogP contribution in [0.25, 0.3) is 33.5 Å². The molecule has 0 aliphatic carbocycles. The van der Waals surface area contributed by atoms with Gasteiger partial charge in [0.2, 0.25) is 0 Å². The van der Waals surface area contributed by atoms with E-state index in [9.17, 15) is 5.11 Å². The maximum absolute atomic E-state index is 9.82. The summed E-state index contributed by atoms with van der Waals surface area (Å²) in [5, 5.41) is 15.4. The van der Waals surface area contributed by atoms with Crippen molar-refractivity contribution in [2.75, 3.05) is 0 Å². The van der Waals surface area contributed by atoms with Gasteiger partial charge in [0.25, 0.3) is 0 Å². The number of benzene rings is 1. The zero-order chi connectivity index (χ0) is 20.5. The smallest absolute Gasteiger partial charge is 0.182 e. The lowest BCUT2D eigenvalue weighted by Crippen LogP contribution is -2.07. The highest BCUT2D eigenvalue weighted by Crippen LogP contribution is 2.34. The molecule has 1 aromatic carbocycles. The van der Waals surface area contributed by atoms with Gasteiger partial charge < -0.3 is 9.84 Å². The lowest BCUT2D eigenvalue weighted by molar-refractivity contribution is 0.225. The van der Waals surface area contributed by atoms with Gasteiger partial charge in [-0.25, -0.2) is 4.98 Å². The fraction of sp³-hybridized carbons (Fsp3) is 0.261. The van der Waals surface area contributed by atoms with Crippen LogP contribution in [0.2, 0.25) is 0 Å². The van der Waals surface area contributed by atoms with Crippen LogP contribution in [-0.4, -0.2) is 31.0 Å². The van der Waals surface area contributed by atoms with Crippen LogP contribution in [0.3, 0.4) is 0 Å². The molecule has 0 aliphatic heterocycles. The highest BCUT2D eigenvalue weighted by Gasteiger charge is 2.17. The molecule has 3 heterocycles. The highest BCUT2D eigenvalue weighted by atomic mass is 16.5. The average Bonchev–Trinajstić information content (AvgIpc) is 3.01. The van der Waals surface area contributed by atoms with Gasteiger partial charge in [0.05, 0.1) is 29.5 Å². The summed E-state index contributed by atoms with van der Waals surface area (Å²) in [6, 6.07) is 13.7. The van der Waals surface area contributed by atoms with Crippen molar-refractivity contribution in [3.63, 3.8) is 0 Å². The zero-order valence-corrected chi connectivity index (χ0v) is 17.0. The standard InChI is InChI=1S/C23H24N4O2/c1-14(2)29-21-9-8-16(11-17(21)13-28)20-12-18(19-7-5-6-10-24-19)22-15(3)27(4)26-23(22)25-20/h5-12,14,28H,13H2,1-4H3. The Hall–Kier alpha value is -3.25. The molecule has 148 valence electrons. The molecule has 4 aromatic rings. The Morgan fingerprint density at radius 3 is 2.62 bits per heavy atom. The first-order valence-corrected chi connectivity index (χ1v) is 9.64. The lowest BCUT2D eigenvalue weighted by atomic mass is 10.0. The zero-order valence-electron chi connectivity index (χ0n) is 17.0. The first-order chi connectivity index (χ1) is 14.0. The summed E-state index contributed by atoms with van der Waals surface area (Å²) < 4.78 is 7.64. The summed E-state index contributed by atoms with van der Waals surface area (Å²) in [5.74, 6) is 0.686. The molecule has 0 saturated heterocycles. The largest absolute Gasteiger partial charge is 0.491 e. The van der Waals surface area contributed by atoms with Crippen LogP contribution >= 0.6 is 0 Å². The van der Waals surface area contributed by atoms with Crippen molar-refractivity contribution < 1.29 is 9.84 Å². The van der Waals surface area contributed by atoms with Gasteiger partial charge >= 0.3 is 0 Å². The number of hydrogen-bond donors (Lipinski definition) is 1. The monoisotopic (exact) mass is 388 g/mol. The van der Waals surface area contributed by atoms with Gasteiger partial charge in [0.15, 0.2) is 5.65 Å². The van der Waals surface area contributed by atoms with E-state index in [2.05, 4.69) is 10.1 Å². The van der Waals surface area contributed by atoms with E-state index in [4.69, 9.17) is 9.72 Å². The summed E-state index contributed by atoms with van der Waals surface area (Å²) in [6.07, 6.45) is 1.82. The van der Waals surface area contributed by atoms with Gasteiger partial charge in [-0.05, 0) is 57.2 Å². The van der Waals surface area contributed by atoms with Crippen molar-refractivity contribution >= 4 is 11.0 Å². The second-order valence-electron chi connectivity index (χ2n) is 7.32. The number of fused-ring (bicyclic) bond motifs is 1. The number of aromatic nitrogens is 4. The molecular formula is C23H24N4O2. The molecule has 1 N–H and O–H groups in total. The minimum absolute atomic E-state index is 0.0351. The molecule has 0 radical (unpaired) electrons. The Balaban J connectivity index is 1.91. The first kappa shape index (κ1) is 19.1. The third kappa shape index (κ3) is 3.59. The van der Waals surface area contributed by atoms with Crippen LogP contribution in [0.5, 0.6) is 5.75 Å². The Kier molecular flexibility index (Phi) is 5.03. The number of rotatable bonds is 5. The number of aliphatic hydroxyl groups excluding tert-OH is 1. The van der Waals surface area contributed by atoms with Crippen LogP contribution in [0.15, 0.2) is 48.7 Å². The van der Waals surface area contributed by atoms with E-state index in [1.807, 2.05) is 75.0 Å². The molecule has 0 aliphatic rings. The number of nitrogens with zero attached hydrogens (tertiary/aromatic N) is 4. The van der Waals surface area contributed by atoms with E-state index in [-0.39, 0.29) is 12.7 Å². The Labute approximate surface area is 169 Å². The summed E-state index contributed by atoms with van der Waals surface area (Å²) in [5.41, 5.74) is 5.99. The number of aryl methyl sites for hydroxylation is 2. The number of ether oxygens (including phenoxy) is 1. The van der Waals surface area contributed by atoms with E-state index < -0.39 is 0 Å². The van der Waals surface area contributed by atoms with E-state index in [0.717, 1.165) is 39.2 Å². The SMILES string of the molecule is Cc1c2c(-c3ccccn3)cc(-c3ccc(OC(C)C)c(CO)c3)nc2nn1C. The van der Waals surface area contributed by atoms with E-state index >= 15 is 0 Å². The maximum Gasteiger partial charge on any atom is 0.182 e. The molecule has 0 fully saturated rings. The number of pyridine rings is 2. The van der Waals surface area contributed by atoms with Crippen LogP contribution in [0.4, 0.5) is 0 Å². The summed E-state index contributed by atoms with van der Waals surface area (Å²) in [6.45, 7) is 5.86. The molecule has 0 bridgehead atoms. The Bertz CT molecular complexity index is 1170. The average molecular weight is 388 g/mol.